The first kappa shape index (κ1) is 16.7. The number of primary amides is 1. The van der Waals surface area contributed by atoms with Crippen LogP contribution in [-0.2, 0) is 14.8 Å². The number of carboxylic acid groups (broad SMARTS) is 1. The summed E-state index contributed by atoms with van der Waals surface area (Å²) in [5.74, 6) is -2.36. The van der Waals surface area contributed by atoms with E-state index in [1.54, 1.807) is 0 Å². The largest absolute Gasteiger partial charge is 0.478 e. The average molecular weight is 341 g/mol. The summed E-state index contributed by atoms with van der Waals surface area (Å²) >= 11 is 11.4. The lowest BCUT2D eigenvalue weighted by atomic mass is 10.2. The number of sulfonamides is 1. The molecule has 20 heavy (non-hydrogen) atoms. The minimum atomic E-state index is -4.21. The van der Waals surface area contributed by atoms with Crippen molar-refractivity contribution in [3.63, 3.8) is 0 Å². The van der Waals surface area contributed by atoms with Crippen molar-refractivity contribution in [3.05, 3.63) is 27.7 Å². The highest BCUT2D eigenvalue weighted by Crippen LogP contribution is 2.31. The van der Waals surface area contributed by atoms with E-state index >= 15 is 0 Å². The summed E-state index contributed by atoms with van der Waals surface area (Å²) in [6.07, 6.45) is 0. The van der Waals surface area contributed by atoms with Gasteiger partial charge < -0.3 is 10.8 Å². The Bertz CT molecular complexity index is 674. The van der Waals surface area contributed by atoms with Gasteiger partial charge in [-0.1, -0.05) is 23.2 Å². The molecule has 1 aromatic rings. The van der Waals surface area contributed by atoms with Crippen LogP contribution in [0.4, 0.5) is 0 Å². The molecule has 1 aromatic carbocycles. The lowest BCUT2D eigenvalue weighted by Gasteiger charge is -2.13. The van der Waals surface area contributed by atoms with Gasteiger partial charge in [-0.05, 0) is 19.1 Å². The average Bonchev–Trinajstić information content (AvgIpc) is 2.26. The molecule has 7 nitrogen and oxygen atoms in total. The molecule has 1 atom stereocenters. The highest BCUT2D eigenvalue weighted by Gasteiger charge is 2.27. The summed E-state index contributed by atoms with van der Waals surface area (Å²) in [6.45, 7) is 1.24. The summed E-state index contributed by atoms with van der Waals surface area (Å²) in [6, 6.07) is 0.938. The lowest BCUT2D eigenvalue weighted by molar-refractivity contribution is -0.119. The molecule has 0 radical (unpaired) electrons. The van der Waals surface area contributed by atoms with E-state index in [4.69, 9.17) is 34.0 Å². The number of nitrogens with one attached hydrogen (secondary N) is 1. The van der Waals surface area contributed by atoms with Gasteiger partial charge in [-0.3, -0.25) is 4.79 Å². The number of aromatic carboxylic acids is 1. The van der Waals surface area contributed by atoms with E-state index in [1.165, 1.54) is 6.92 Å². The van der Waals surface area contributed by atoms with Gasteiger partial charge in [0.15, 0.2) is 0 Å². The Morgan fingerprint density at radius 2 is 1.90 bits per heavy atom. The van der Waals surface area contributed by atoms with Crippen LogP contribution in [0.1, 0.15) is 17.3 Å². The molecule has 0 fully saturated rings. The maximum absolute atomic E-state index is 12.0. The van der Waals surface area contributed by atoms with Gasteiger partial charge in [0.05, 0.1) is 21.7 Å². The van der Waals surface area contributed by atoms with Crippen LogP contribution >= 0.6 is 23.2 Å². The van der Waals surface area contributed by atoms with Crippen molar-refractivity contribution >= 4 is 45.1 Å². The number of hydrogen-bond acceptors (Lipinski definition) is 4. The summed E-state index contributed by atoms with van der Waals surface area (Å²) in [7, 11) is -4.21. The fourth-order valence-electron chi connectivity index (χ4n) is 1.29. The van der Waals surface area contributed by atoms with E-state index in [-0.39, 0.29) is 5.02 Å². The SMILES string of the molecule is CC(NS(=O)(=O)c1ccc(Cl)c(C(=O)O)c1Cl)C(N)=O. The second kappa shape index (κ2) is 5.96. The fourth-order valence-corrected chi connectivity index (χ4v) is 3.42. The van der Waals surface area contributed by atoms with Crippen LogP contribution in [0.5, 0.6) is 0 Å². The second-order valence-corrected chi connectivity index (χ2v) is 6.25. The third kappa shape index (κ3) is 3.40. The lowest BCUT2D eigenvalue weighted by Crippen LogP contribution is -2.42. The standard InChI is InChI=1S/C10H10Cl2N2O5S/c1-4(9(13)15)14-20(18,19)6-3-2-5(11)7(8(6)12)10(16)17/h2-4,14H,1H3,(H2,13,15)(H,16,17). The van der Waals surface area contributed by atoms with E-state index < -0.39 is 43.4 Å². The number of nitrogens with two attached hydrogens (primary N) is 1. The van der Waals surface area contributed by atoms with Gasteiger partial charge in [0.1, 0.15) is 4.90 Å². The number of halogens is 2. The molecule has 0 saturated carbocycles. The predicted molar refractivity (Wildman–Crippen MR) is 72.4 cm³/mol. The number of carboxylic acids is 1. The van der Waals surface area contributed by atoms with Crippen molar-refractivity contribution in [2.75, 3.05) is 0 Å². The number of hydrogen-bond donors (Lipinski definition) is 3. The molecule has 0 heterocycles. The van der Waals surface area contributed by atoms with E-state index in [0.717, 1.165) is 12.1 Å². The topological polar surface area (TPSA) is 127 Å². The van der Waals surface area contributed by atoms with Gasteiger partial charge in [0, 0.05) is 0 Å². The maximum atomic E-state index is 12.0. The van der Waals surface area contributed by atoms with Gasteiger partial charge >= 0.3 is 5.97 Å². The fraction of sp³-hybridized carbons (Fsp3) is 0.200. The molecule has 4 N–H and O–H groups in total. The molecular formula is C10H10Cl2N2O5S. The van der Waals surface area contributed by atoms with Gasteiger partial charge in [0.2, 0.25) is 15.9 Å². The first-order valence-electron chi connectivity index (χ1n) is 5.11. The van der Waals surface area contributed by atoms with Crippen LogP contribution in [0.3, 0.4) is 0 Å². The van der Waals surface area contributed by atoms with Crippen LogP contribution in [0.25, 0.3) is 0 Å². The summed E-state index contributed by atoms with van der Waals surface area (Å²) < 4.78 is 26.0. The van der Waals surface area contributed by atoms with Crippen LogP contribution in [0.2, 0.25) is 10.0 Å². The van der Waals surface area contributed by atoms with Crippen molar-refractivity contribution < 1.29 is 23.1 Å². The van der Waals surface area contributed by atoms with Crippen LogP contribution in [-0.4, -0.2) is 31.4 Å². The maximum Gasteiger partial charge on any atom is 0.338 e. The zero-order valence-corrected chi connectivity index (χ0v) is 12.4. The smallest absolute Gasteiger partial charge is 0.338 e. The molecule has 1 unspecified atom stereocenters. The quantitative estimate of drug-likeness (QED) is 0.732. The second-order valence-electron chi connectivity index (χ2n) is 3.79. The molecule has 1 amide bonds. The Kier molecular flexibility index (Phi) is 4.98. The minimum absolute atomic E-state index is 0.204. The number of rotatable bonds is 5. The van der Waals surface area contributed by atoms with Crippen molar-refractivity contribution in [1.82, 2.24) is 4.72 Å². The van der Waals surface area contributed by atoms with Crippen LogP contribution < -0.4 is 10.5 Å². The molecule has 0 aliphatic carbocycles. The Morgan fingerprint density at radius 3 is 2.35 bits per heavy atom. The zero-order chi connectivity index (χ0) is 15.7. The predicted octanol–water partition coefficient (Wildman–Crippen LogP) is 0.844. The molecule has 0 aromatic heterocycles. The van der Waals surface area contributed by atoms with E-state index in [2.05, 4.69) is 0 Å². The van der Waals surface area contributed by atoms with Gasteiger partial charge in [-0.25, -0.2) is 13.2 Å². The van der Waals surface area contributed by atoms with E-state index in [1.807, 2.05) is 4.72 Å². The molecule has 0 spiro atoms. The van der Waals surface area contributed by atoms with Crippen molar-refractivity contribution in [1.29, 1.82) is 0 Å². The first-order chi connectivity index (χ1) is 9.08. The highest BCUT2D eigenvalue weighted by atomic mass is 35.5. The summed E-state index contributed by atoms with van der Waals surface area (Å²) in [5.41, 5.74) is 4.41. The third-order valence-corrected chi connectivity index (χ3v) is 4.72. The van der Waals surface area contributed by atoms with E-state index in [9.17, 15) is 18.0 Å². The molecular weight excluding hydrogens is 331 g/mol. The Balaban J connectivity index is 3.37. The van der Waals surface area contributed by atoms with Crippen molar-refractivity contribution in [2.45, 2.75) is 17.9 Å². The summed E-state index contributed by atoms with van der Waals surface area (Å²) in [4.78, 5) is 21.4. The Labute approximate surface area is 124 Å². The van der Waals surface area contributed by atoms with Gasteiger partial charge in [0.25, 0.3) is 0 Å². The monoisotopic (exact) mass is 340 g/mol. The molecule has 0 aliphatic rings. The highest BCUT2D eigenvalue weighted by molar-refractivity contribution is 7.89. The number of benzene rings is 1. The zero-order valence-electron chi connectivity index (χ0n) is 10.1. The Morgan fingerprint density at radius 1 is 1.35 bits per heavy atom. The Hall–Kier alpha value is -1.35. The first-order valence-corrected chi connectivity index (χ1v) is 7.34. The minimum Gasteiger partial charge on any atom is -0.478 e. The third-order valence-electron chi connectivity index (χ3n) is 2.32. The number of amides is 1. The molecule has 0 saturated heterocycles. The normalized spacial score (nSPS) is 12.9. The van der Waals surface area contributed by atoms with Gasteiger partial charge in [-0.15, -0.1) is 0 Å². The van der Waals surface area contributed by atoms with Crippen LogP contribution in [0.15, 0.2) is 17.0 Å². The molecule has 1 rings (SSSR count). The molecule has 0 bridgehead atoms. The van der Waals surface area contributed by atoms with Crippen molar-refractivity contribution in [2.24, 2.45) is 5.73 Å². The number of carbonyl (C=O) groups excluding carboxylic acids is 1. The molecule has 0 aliphatic heterocycles. The van der Waals surface area contributed by atoms with Crippen LogP contribution in [0, 0.1) is 0 Å². The molecule has 110 valence electrons. The van der Waals surface area contributed by atoms with Crippen molar-refractivity contribution in [3.8, 4) is 0 Å². The molecule has 10 heteroatoms. The van der Waals surface area contributed by atoms with Gasteiger partial charge in [-0.2, -0.15) is 4.72 Å². The summed E-state index contributed by atoms with van der Waals surface area (Å²) in [5, 5.41) is 8.20. The van der Waals surface area contributed by atoms with E-state index in [0.29, 0.717) is 0 Å². The number of carbonyl (C=O) groups is 2.